The molecule has 1 aromatic heterocycles. The van der Waals surface area contributed by atoms with E-state index < -0.39 is 22.7 Å². The summed E-state index contributed by atoms with van der Waals surface area (Å²) in [6.45, 7) is 3.24. The number of non-ortho nitro benzene ring substituents is 1. The average Bonchev–Trinajstić information content (AvgIpc) is 3.12. The van der Waals surface area contributed by atoms with Gasteiger partial charge in [-0.15, -0.1) is 11.3 Å². The van der Waals surface area contributed by atoms with E-state index in [4.69, 9.17) is 27.9 Å². The van der Waals surface area contributed by atoms with Gasteiger partial charge >= 0.3 is 5.97 Å². The number of thiophene rings is 1. The second kappa shape index (κ2) is 10.6. The summed E-state index contributed by atoms with van der Waals surface area (Å²) in [7, 11) is 0. The van der Waals surface area contributed by atoms with Crippen LogP contribution in [-0.2, 0) is 4.74 Å². The lowest BCUT2D eigenvalue weighted by atomic mass is 10.1. The largest absolute Gasteiger partial charge is 0.462 e. The Hall–Kier alpha value is -3.47. The number of esters is 1. The van der Waals surface area contributed by atoms with Crippen molar-refractivity contribution in [3.63, 3.8) is 0 Å². The third-order valence-electron chi connectivity index (χ3n) is 4.56. The summed E-state index contributed by atoms with van der Waals surface area (Å²) in [5.41, 5.74) is 0.305. The van der Waals surface area contributed by atoms with Gasteiger partial charge in [0.15, 0.2) is 0 Å². The summed E-state index contributed by atoms with van der Waals surface area (Å²) in [5, 5.41) is 16.9. The van der Waals surface area contributed by atoms with Crippen LogP contribution in [0.1, 0.15) is 42.9 Å². The van der Waals surface area contributed by atoms with Crippen LogP contribution in [-0.4, -0.2) is 29.3 Å². The first-order valence-corrected chi connectivity index (χ1v) is 11.3. The maximum absolute atomic E-state index is 13.0. The molecule has 0 spiro atoms. The van der Waals surface area contributed by atoms with E-state index in [1.165, 1.54) is 30.3 Å². The lowest BCUT2D eigenvalue weighted by Crippen LogP contribution is -2.15. The Bertz CT molecular complexity index is 1310. The first-order valence-electron chi connectivity index (χ1n) is 9.75. The summed E-state index contributed by atoms with van der Waals surface area (Å²) < 4.78 is 5.09. The number of nitro groups is 1. The normalized spacial score (nSPS) is 10.5. The number of nitro benzene ring substituents is 1. The van der Waals surface area contributed by atoms with Gasteiger partial charge < -0.3 is 15.4 Å². The van der Waals surface area contributed by atoms with Crippen LogP contribution in [0.5, 0.6) is 0 Å². The molecule has 0 aliphatic heterocycles. The van der Waals surface area contributed by atoms with E-state index in [0.717, 1.165) is 17.4 Å². The van der Waals surface area contributed by atoms with Crippen molar-refractivity contribution in [1.82, 2.24) is 0 Å². The lowest BCUT2D eigenvalue weighted by molar-refractivity contribution is -0.384. The van der Waals surface area contributed by atoms with Gasteiger partial charge in [-0.1, -0.05) is 29.3 Å². The molecule has 176 valence electrons. The van der Waals surface area contributed by atoms with E-state index in [-0.39, 0.29) is 49.6 Å². The Morgan fingerprint density at radius 1 is 1.09 bits per heavy atom. The summed E-state index contributed by atoms with van der Waals surface area (Å²) >= 11 is 12.9. The molecule has 12 heteroatoms. The van der Waals surface area contributed by atoms with Gasteiger partial charge in [0.05, 0.1) is 32.7 Å². The molecule has 2 aromatic carbocycles. The third-order valence-corrected chi connectivity index (χ3v) is 6.33. The van der Waals surface area contributed by atoms with Gasteiger partial charge in [0.25, 0.3) is 17.5 Å². The first-order chi connectivity index (χ1) is 16.1. The van der Waals surface area contributed by atoms with E-state index in [1.54, 1.807) is 19.9 Å². The van der Waals surface area contributed by atoms with Crippen molar-refractivity contribution in [3.05, 3.63) is 84.2 Å². The zero-order valence-corrected chi connectivity index (χ0v) is 20.1. The number of nitrogens with one attached hydrogen (secondary N) is 2. The fourth-order valence-electron chi connectivity index (χ4n) is 2.98. The van der Waals surface area contributed by atoms with Crippen molar-refractivity contribution >= 4 is 68.7 Å². The molecule has 2 N–H and O–H groups in total. The van der Waals surface area contributed by atoms with Crippen molar-refractivity contribution in [2.75, 3.05) is 17.2 Å². The predicted octanol–water partition coefficient (Wildman–Crippen LogP) is 5.95. The van der Waals surface area contributed by atoms with Crippen LogP contribution in [0.3, 0.4) is 0 Å². The van der Waals surface area contributed by atoms with Crippen LogP contribution in [0.2, 0.25) is 10.0 Å². The number of ether oxygens (including phenoxy) is 1. The quantitative estimate of drug-likeness (QED) is 0.224. The summed E-state index contributed by atoms with van der Waals surface area (Å²) in [4.78, 5) is 48.9. The fraction of sp³-hybridized carbons (Fsp3) is 0.136. The maximum Gasteiger partial charge on any atom is 0.341 e. The van der Waals surface area contributed by atoms with Crippen molar-refractivity contribution in [3.8, 4) is 0 Å². The van der Waals surface area contributed by atoms with E-state index in [2.05, 4.69) is 10.6 Å². The highest BCUT2D eigenvalue weighted by molar-refractivity contribution is 7.19. The van der Waals surface area contributed by atoms with E-state index in [9.17, 15) is 24.5 Å². The molecule has 2 amide bonds. The van der Waals surface area contributed by atoms with Gasteiger partial charge in [-0.2, -0.15) is 0 Å². The van der Waals surface area contributed by atoms with Crippen molar-refractivity contribution < 1.29 is 24.0 Å². The molecule has 3 aromatic rings. The molecule has 34 heavy (non-hydrogen) atoms. The Balaban J connectivity index is 1.97. The summed E-state index contributed by atoms with van der Waals surface area (Å²) in [6, 6.07) is 9.68. The second-order valence-electron chi connectivity index (χ2n) is 6.82. The summed E-state index contributed by atoms with van der Waals surface area (Å²) in [6.07, 6.45) is 0. The monoisotopic (exact) mass is 521 g/mol. The van der Waals surface area contributed by atoms with Crippen LogP contribution >= 0.6 is 34.5 Å². The molecular weight excluding hydrogens is 505 g/mol. The molecule has 1 heterocycles. The number of halogens is 2. The Morgan fingerprint density at radius 2 is 1.82 bits per heavy atom. The number of anilines is 2. The number of hydrogen-bond donors (Lipinski definition) is 2. The number of rotatable bonds is 7. The molecule has 0 aliphatic rings. The molecule has 3 rings (SSSR count). The van der Waals surface area contributed by atoms with Crippen LogP contribution in [0.25, 0.3) is 0 Å². The van der Waals surface area contributed by atoms with Crippen LogP contribution < -0.4 is 10.6 Å². The van der Waals surface area contributed by atoms with Gasteiger partial charge in [-0.05, 0) is 43.7 Å². The molecule has 0 fully saturated rings. The average molecular weight is 522 g/mol. The Morgan fingerprint density at radius 3 is 2.50 bits per heavy atom. The van der Waals surface area contributed by atoms with Crippen molar-refractivity contribution in [2.24, 2.45) is 0 Å². The molecular formula is C22H17Cl2N3O6S. The van der Waals surface area contributed by atoms with Gasteiger partial charge in [0.1, 0.15) is 5.00 Å². The maximum atomic E-state index is 13.0. The predicted molar refractivity (Wildman–Crippen MR) is 130 cm³/mol. The molecule has 0 unspecified atom stereocenters. The number of carbonyl (C=O) groups is 3. The third kappa shape index (κ3) is 5.53. The molecule has 0 bridgehead atoms. The van der Waals surface area contributed by atoms with Crippen LogP contribution in [0.4, 0.5) is 16.4 Å². The minimum Gasteiger partial charge on any atom is -0.462 e. The summed E-state index contributed by atoms with van der Waals surface area (Å²) in [5.74, 6) is -2.00. The van der Waals surface area contributed by atoms with Crippen LogP contribution in [0, 0.1) is 17.0 Å². The number of carbonyl (C=O) groups excluding carboxylic acids is 3. The molecule has 0 saturated heterocycles. The van der Waals surface area contributed by atoms with E-state index >= 15 is 0 Å². The van der Waals surface area contributed by atoms with Crippen molar-refractivity contribution in [2.45, 2.75) is 13.8 Å². The molecule has 9 nitrogen and oxygen atoms in total. The smallest absolute Gasteiger partial charge is 0.341 e. The zero-order chi connectivity index (χ0) is 25.0. The molecule has 0 atom stereocenters. The van der Waals surface area contributed by atoms with E-state index in [1.807, 2.05) is 0 Å². The SMILES string of the molecule is CCOC(=O)c1c(NC(=O)c2cccc([N+](=O)[O-])c2)sc(C(=O)Nc2cc(Cl)ccc2Cl)c1C. The number of hydrogen-bond acceptors (Lipinski definition) is 7. The fourth-order valence-corrected chi connectivity index (χ4v) is 4.40. The standard InChI is InChI=1S/C22H17Cl2N3O6S/c1-3-33-22(30)17-11(2)18(20(29)25-16-10-13(23)7-8-15(16)24)34-21(17)26-19(28)12-5-4-6-14(9-12)27(31)32/h4-10H,3H2,1-2H3,(H,25,29)(H,26,28). The van der Waals surface area contributed by atoms with Gasteiger partial charge in [-0.3, -0.25) is 19.7 Å². The van der Waals surface area contributed by atoms with Gasteiger partial charge in [0, 0.05) is 22.7 Å². The van der Waals surface area contributed by atoms with Crippen molar-refractivity contribution in [1.29, 1.82) is 0 Å². The highest BCUT2D eigenvalue weighted by atomic mass is 35.5. The minimum atomic E-state index is -0.731. The van der Waals surface area contributed by atoms with Gasteiger partial charge in [-0.25, -0.2) is 4.79 Å². The lowest BCUT2D eigenvalue weighted by Gasteiger charge is -2.08. The minimum absolute atomic E-state index is 0.00627. The molecule has 0 aliphatic carbocycles. The number of benzene rings is 2. The highest BCUT2D eigenvalue weighted by Gasteiger charge is 2.27. The topological polar surface area (TPSA) is 128 Å². The zero-order valence-electron chi connectivity index (χ0n) is 17.8. The van der Waals surface area contributed by atoms with Crippen LogP contribution in [0.15, 0.2) is 42.5 Å². The first kappa shape index (κ1) is 25.2. The highest BCUT2D eigenvalue weighted by Crippen LogP contribution is 2.35. The second-order valence-corrected chi connectivity index (χ2v) is 8.68. The Labute approximate surface area is 207 Å². The molecule has 0 saturated carbocycles. The van der Waals surface area contributed by atoms with Gasteiger partial charge in [0.2, 0.25) is 0 Å². The number of amides is 2. The molecule has 0 radical (unpaired) electrons. The van der Waals surface area contributed by atoms with E-state index in [0.29, 0.717) is 5.02 Å². The number of nitrogens with zero attached hydrogens (tertiary/aromatic N) is 1. The Kier molecular flexibility index (Phi) is 7.87.